The predicted octanol–water partition coefficient (Wildman–Crippen LogP) is 3.23. The number of benzene rings is 2. The van der Waals surface area contributed by atoms with E-state index in [1.54, 1.807) is 7.11 Å². The Hall–Kier alpha value is -3.12. The van der Waals surface area contributed by atoms with Crippen LogP contribution in [0.2, 0.25) is 0 Å². The van der Waals surface area contributed by atoms with Gasteiger partial charge in [-0.2, -0.15) is 0 Å². The fraction of sp³-hybridized carbons (Fsp3) is 0.333. The number of ether oxygens (including phenoxy) is 1. The number of amides is 1. The summed E-state index contributed by atoms with van der Waals surface area (Å²) in [5, 5.41) is 1.12. The quantitative estimate of drug-likeness (QED) is 0.612. The highest BCUT2D eigenvalue weighted by atomic mass is 16.5. The molecule has 1 atom stereocenters. The van der Waals surface area contributed by atoms with Crippen molar-refractivity contribution in [2.75, 3.05) is 20.2 Å². The fourth-order valence-corrected chi connectivity index (χ4v) is 4.41. The molecule has 30 heavy (non-hydrogen) atoms. The summed E-state index contributed by atoms with van der Waals surface area (Å²) >= 11 is 0. The van der Waals surface area contributed by atoms with Crippen molar-refractivity contribution in [3.05, 3.63) is 65.9 Å². The molecule has 0 aliphatic carbocycles. The molecule has 2 aromatic carbocycles. The number of primary amides is 1. The Labute approximate surface area is 176 Å². The molecule has 1 aliphatic heterocycles. The number of ketones is 1. The van der Waals surface area contributed by atoms with E-state index in [-0.39, 0.29) is 24.2 Å². The van der Waals surface area contributed by atoms with E-state index in [0.717, 1.165) is 48.9 Å². The molecular weight excluding hydrogens is 378 g/mol. The summed E-state index contributed by atoms with van der Waals surface area (Å²) in [6.07, 6.45) is 3.90. The van der Waals surface area contributed by atoms with Gasteiger partial charge in [-0.3, -0.25) is 14.5 Å². The van der Waals surface area contributed by atoms with Crippen LogP contribution in [0.3, 0.4) is 0 Å². The van der Waals surface area contributed by atoms with E-state index in [4.69, 9.17) is 10.5 Å². The van der Waals surface area contributed by atoms with Crippen LogP contribution in [0.25, 0.3) is 10.9 Å². The Morgan fingerprint density at radius 1 is 1.17 bits per heavy atom. The van der Waals surface area contributed by atoms with Gasteiger partial charge in [-0.1, -0.05) is 30.3 Å². The van der Waals surface area contributed by atoms with Crippen LogP contribution in [-0.4, -0.2) is 41.4 Å². The minimum absolute atomic E-state index is 0.0233. The van der Waals surface area contributed by atoms with Gasteiger partial charge in [0.25, 0.3) is 0 Å². The smallest absolute Gasteiger partial charge is 0.237 e. The maximum absolute atomic E-state index is 13.1. The monoisotopic (exact) mass is 405 g/mol. The molecule has 4 rings (SSSR count). The summed E-state index contributed by atoms with van der Waals surface area (Å²) in [4.78, 5) is 26.9. The average molecular weight is 405 g/mol. The summed E-state index contributed by atoms with van der Waals surface area (Å²) in [5.74, 6) is 0.500. The van der Waals surface area contributed by atoms with Crippen molar-refractivity contribution in [1.82, 2.24) is 9.47 Å². The lowest BCUT2D eigenvalue weighted by molar-refractivity contribution is -0.118. The summed E-state index contributed by atoms with van der Waals surface area (Å²) in [6, 6.07) is 15.4. The summed E-state index contributed by atoms with van der Waals surface area (Å²) in [5.41, 5.74) is 8.29. The maximum atomic E-state index is 13.1. The second-order valence-electron chi connectivity index (χ2n) is 7.94. The van der Waals surface area contributed by atoms with Gasteiger partial charge >= 0.3 is 0 Å². The Morgan fingerprint density at radius 2 is 2.00 bits per heavy atom. The van der Waals surface area contributed by atoms with E-state index in [9.17, 15) is 9.59 Å². The third-order valence-corrected chi connectivity index (χ3v) is 5.82. The highest BCUT2D eigenvalue weighted by Crippen LogP contribution is 2.27. The molecule has 1 aromatic heterocycles. The lowest BCUT2D eigenvalue weighted by atomic mass is 9.89. The van der Waals surface area contributed by atoms with Crippen LogP contribution in [0, 0.1) is 5.92 Å². The van der Waals surface area contributed by atoms with Crippen LogP contribution in [0.15, 0.2) is 54.7 Å². The number of carbonyl (C=O) groups is 2. The fourth-order valence-electron chi connectivity index (χ4n) is 4.41. The average Bonchev–Trinajstić information content (AvgIpc) is 3.10. The zero-order chi connectivity index (χ0) is 21.1. The summed E-state index contributed by atoms with van der Waals surface area (Å²) in [7, 11) is 1.61. The summed E-state index contributed by atoms with van der Waals surface area (Å²) < 4.78 is 7.18. The normalized spacial score (nSPS) is 17.2. The first-order valence-electron chi connectivity index (χ1n) is 10.3. The number of methoxy groups -OCH3 is 1. The van der Waals surface area contributed by atoms with Gasteiger partial charge in [0.15, 0.2) is 5.78 Å². The van der Waals surface area contributed by atoms with Crippen molar-refractivity contribution in [2.45, 2.75) is 25.9 Å². The van der Waals surface area contributed by atoms with Gasteiger partial charge in [0, 0.05) is 41.7 Å². The standard InChI is InChI=1S/C24H27N3O3/c1-30-20-8-4-6-17(12-20)24(29)18-7-5-11-26(13-18)14-19-15-27(16-23(25)28)22-10-3-2-9-21(19)22/h2-4,6,8-10,12,15,18H,5,7,11,13-14,16H2,1H3,(H2,25,28)/t18-/m0/s1. The molecular formula is C24H27N3O3. The molecule has 6 nitrogen and oxygen atoms in total. The number of para-hydroxylation sites is 1. The van der Waals surface area contributed by atoms with Gasteiger partial charge in [-0.25, -0.2) is 0 Å². The molecule has 0 unspecified atom stereocenters. The number of hydrogen-bond donors (Lipinski definition) is 1. The van der Waals surface area contributed by atoms with Gasteiger partial charge in [-0.15, -0.1) is 0 Å². The van der Waals surface area contributed by atoms with Crippen LogP contribution >= 0.6 is 0 Å². The molecule has 0 spiro atoms. The first kappa shape index (κ1) is 20.2. The van der Waals surface area contributed by atoms with E-state index < -0.39 is 0 Å². The van der Waals surface area contributed by atoms with Gasteiger partial charge in [-0.05, 0) is 43.1 Å². The van der Waals surface area contributed by atoms with Crippen molar-refractivity contribution in [3.8, 4) is 5.75 Å². The number of aromatic nitrogens is 1. The van der Waals surface area contributed by atoms with Gasteiger partial charge in [0.1, 0.15) is 12.3 Å². The van der Waals surface area contributed by atoms with E-state index >= 15 is 0 Å². The molecule has 2 heterocycles. The Kier molecular flexibility index (Phi) is 5.86. The largest absolute Gasteiger partial charge is 0.497 e. The van der Waals surface area contributed by atoms with E-state index in [0.29, 0.717) is 11.3 Å². The highest BCUT2D eigenvalue weighted by Gasteiger charge is 2.27. The van der Waals surface area contributed by atoms with Crippen molar-refractivity contribution in [2.24, 2.45) is 11.7 Å². The number of carbonyl (C=O) groups excluding carboxylic acids is 2. The SMILES string of the molecule is COc1cccc(C(=O)[C@H]2CCCN(Cc3cn(CC(N)=O)c4ccccc34)C2)c1. The molecule has 1 amide bonds. The predicted molar refractivity (Wildman–Crippen MR) is 116 cm³/mol. The van der Waals surface area contributed by atoms with E-state index in [1.807, 2.05) is 53.2 Å². The van der Waals surface area contributed by atoms with Crippen molar-refractivity contribution < 1.29 is 14.3 Å². The number of fused-ring (bicyclic) bond motifs is 1. The van der Waals surface area contributed by atoms with Crippen molar-refractivity contribution in [1.29, 1.82) is 0 Å². The van der Waals surface area contributed by atoms with E-state index in [2.05, 4.69) is 11.0 Å². The van der Waals surface area contributed by atoms with Crippen molar-refractivity contribution in [3.63, 3.8) is 0 Å². The van der Waals surface area contributed by atoms with E-state index in [1.165, 1.54) is 0 Å². The number of likely N-dealkylation sites (tertiary alicyclic amines) is 1. The second kappa shape index (κ2) is 8.71. The Morgan fingerprint density at radius 3 is 2.80 bits per heavy atom. The highest BCUT2D eigenvalue weighted by molar-refractivity contribution is 5.98. The van der Waals surface area contributed by atoms with Crippen molar-refractivity contribution >= 4 is 22.6 Å². The number of Topliss-reactive ketones (excluding diaryl/α,β-unsaturated/α-hetero) is 1. The minimum atomic E-state index is -0.357. The van der Waals surface area contributed by atoms with Gasteiger partial charge < -0.3 is 15.0 Å². The number of hydrogen-bond acceptors (Lipinski definition) is 4. The molecule has 1 aliphatic rings. The molecule has 1 saturated heterocycles. The third kappa shape index (κ3) is 4.24. The minimum Gasteiger partial charge on any atom is -0.497 e. The molecule has 156 valence electrons. The zero-order valence-corrected chi connectivity index (χ0v) is 17.2. The molecule has 0 saturated carbocycles. The first-order valence-corrected chi connectivity index (χ1v) is 10.3. The third-order valence-electron chi connectivity index (χ3n) is 5.82. The van der Waals surface area contributed by atoms with Crippen LogP contribution in [0.4, 0.5) is 0 Å². The first-order chi connectivity index (χ1) is 14.5. The molecule has 1 fully saturated rings. The lowest BCUT2D eigenvalue weighted by Gasteiger charge is -2.32. The van der Waals surface area contributed by atoms with Crippen LogP contribution in [0.1, 0.15) is 28.8 Å². The maximum Gasteiger partial charge on any atom is 0.237 e. The topological polar surface area (TPSA) is 77.6 Å². The summed E-state index contributed by atoms with van der Waals surface area (Å²) in [6.45, 7) is 2.59. The van der Waals surface area contributed by atoms with Crippen LogP contribution in [0.5, 0.6) is 5.75 Å². The Balaban J connectivity index is 1.52. The Bertz CT molecular complexity index is 1070. The number of rotatable bonds is 7. The number of nitrogens with two attached hydrogens (primary N) is 1. The van der Waals surface area contributed by atoms with Crippen LogP contribution in [-0.2, 0) is 17.9 Å². The van der Waals surface area contributed by atoms with Gasteiger partial charge in [0.05, 0.1) is 7.11 Å². The molecule has 2 N–H and O–H groups in total. The number of nitrogens with zero attached hydrogens (tertiary/aromatic N) is 2. The number of piperidine rings is 1. The van der Waals surface area contributed by atoms with Crippen LogP contribution < -0.4 is 10.5 Å². The lowest BCUT2D eigenvalue weighted by Crippen LogP contribution is -2.38. The molecule has 0 radical (unpaired) electrons. The molecule has 3 aromatic rings. The second-order valence-corrected chi connectivity index (χ2v) is 7.94. The molecule has 0 bridgehead atoms. The zero-order valence-electron chi connectivity index (χ0n) is 17.2. The molecule has 6 heteroatoms. The van der Waals surface area contributed by atoms with Gasteiger partial charge in [0.2, 0.25) is 5.91 Å².